The van der Waals surface area contributed by atoms with E-state index in [-0.39, 0.29) is 5.56 Å². The molecule has 4 heteroatoms. The monoisotopic (exact) mass is 209 g/mol. The van der Waals surface area contributed by atoms with Crippen molar-refractivity contribution in [2.75, 3.05) is 5.88 Å². The molecule has 0 aliphatic carbocycles. The van der Waals surface area contributed by atoms with Crippen molar-refractivity contribution in [3.05, 3.63) is 29.6 Å². The van der Waals surface area contributed by atoms with Crippen molar-refractivity contribution in [3.8, 4) is 11.8 Å². The normalized spacial score (nSPS) is 8.93. The second kappa shape index (κ2) is 5.25. The molecule has 0 spiro atoms. The summed E-state index contributed by atoms with van der Waals surface area (Å²) in [6, 6.07) is 1.48. The molecule has 0 bridgehead atoms. The zero-order valence-corrected chi connectivity index (χ0v) is 8.08. The summed E-state index contributed by atoms with van der Waals surface area (Å²) in [5, 5.41) is 8.67. The minimum Gasteiger partial charge on any atom is -0.478 e. The largest absolute Gasteiger partial charge is 0.478 e. The first kappa shape index (κ1) is 10.6. The van der Waals surface area contributed by atoms with Crippen LogP contribution in [0.15, 0.2) is 18.5 Å². The third kappa shape index (κ3) is 3.08. The first-order valence-electron chi connectivity index (χ1n) is 3.97. The van der Waals surface area contributed by atoms with Crippen molar-refractivity contribution in [2.45, 2.75) is 6.42 Å². The summed E-state index contributed by atoms with van der Waals surface area (Å²) in [7, 11) is 0. The Labute approximate surface area is 86.7 Å². The van der Waals surface area contributed by atoms with Crippen LogP contribution in [-0.4, -0.2) is 21.9 Å². The van der Waals surface area contributed by atoms with Gasteiger partial charge in [-0.05, 0) is 6.07 Å². The number of nitrogens with zero attached hydrogens (tertiary/aromatic N) is 1. The lowest BCUT2D eigenvalue weighted by atomic mass is 10.2. The van der Waals surface area contributed by atoms with Crippen LogP contribution in [0.4, 0.5) is 0 Å². The minimum atomic E-state index is -1.00. The maximum Gasteiger partial charge on any atom is 0.337 e. The summed E-state index contributed by atoms with van der Waals surface area (Å²) in [6.45, 7) is 0. The van der Waals surface area contributed by atoms with Crippen molar-refractivity contribution in [1.82, 2.24) is 4.98 Å². The van der Waals surface area contributed by atoms with E-state index in [0.29, 0.717) is 17.9 Å². The molecule has 0 aliphatic rings. The highest BCUT2D eigenvalue weighted by Crippen LogP contribution is 2.01. The van der Waals surface area contributed by atoms with Crippen LogP contribution in [0.25, 0.3) is 0 Å². The molecule has 0 saturated heterocycles. The summed E-state index contributed by atoms with van der Waals surface area (Å²) in [6.07, 6.45) is 3.39. The molecule has 72 valence electrons. The third-order valence-corrected chi connectivity index (χ3v) is 1.63. The summed E-state index contributed by atoms with van der Waals surface area (Å²) >= 11 is 5.44. The highest BCUT2D eigenvalue weighted by Gasteiger charge is 2.01. The maximum atomic E-state index is 10.6. The fourth-order valence-corrected chi connectivity index (χ4v) is 0.932. The number of hydrogen-bond donors (Lipinski definition) is 1. The van der Waals surface area contributed by atoms with Crippen LogP contribution in [0.1, 0.15) is 22.3 Å². The van der Waals surface area contributed by atoms with Crippen LogP contribution in [0.3, 0.4) is 0 Å². The number of hydrogen-bond acceptors (Lipinski definition) is 2. The Balaban J connectivity index is 2.85. The van der Waals surface area contributed by atoms with Gasteiger partial charge in [0.05, 0.1) is 5.56 Å². The van der Waals surface area contributed by atoms with Gasteiger partial charge in [-0.3, -0.25) is 4.98 Å². The van der Waals surface area contributed by atoms with Gasteiger partial charge in [0.15, 0.2) is 0 Å². The third-order valence-electron chi connectivity index (χ3n) is 1.44. The summed E-state index contributed by atoms with van der Waals surface area (Å²) < 4.78 is 0. The van der Waals surface area contributed by atoms with Crippen LogP contribution >= 0.6 is 11.6 Å². The Morgan fingerprint density at radius 3 is 3.00 bits per heavy atom. The van der Waals surface area contributed by atoms with E-state index in [2.05, 4.69) is 16.8 Å². The van der Waals surface area contributed by atoms with E-state index in [9.17, 15) is 4.79 Å². The standard InChI is InChI=1S/C10H8ClNO2/c11-4-2-1-3-8-5-9(10(13)14)7-12-6-8/h5-7H,2,4H2,(H,13,14). The number of alkyl halides is 1. The lowest BCUT2D eigenvalue weighted by molar-refractivity contribution is 0.0696. The summed E-state index contributed by atoms with van der Waals surface area (Å²) in [4.78, 5) is 14.3. The maximum absolute atomic E-state index is 10.6. The first-order valence-corrected chi connectivity index (χ1v) is 4.50. The van der Waals surface area contributed by atoms with Gasteiger partial charge in [-0.1, -0.05) is 11.8 Å². The fraction of sp³-hybridized carbons (Fsp3) is 0.200. The zero-order valence-electron chi connectivity index (χ0n) is 7.33. The Bertz CT molecular complexity index is 393. The summed E-state index contributed by atoms with van der Waals surface area (Å²) in [5.41, 5.74) is 0.734. The lowest BCUT2D eigenvalue weighted by Crippen LogP contribution is -1.97. The predicted molar refractivity (Wildman–Crippen MR) is 53.4 cm³/mol. The molecule has 0 saturated carbocycles. The van der Waals surface area contributed by atoms with Gasteiger partial charge >= 0.3 is 5.97 Å². The van der Waals surface area contributed by atoms with Gasteiger partial charge in [-0.15, -0.1) is 11.6 Å². The van der Waals surface area contributed by atoms with Gasteiger partial charge < -0.3 is 5.11 Å². The Kier molecular flexibility index (Phi) is 3.96. The van der Waals surface area contributed by atoms with E-state index >= 15 is 0 Å². The molecule has 0 radical (unpaired) electrons. The molecular weight excluding hydrogens is 202 g/mol. The number of carbonyl (C=O) groups is 1. The van der Waals surface area contributed by atoms with E-state index in [4.69, 9.17) is 16.7 Å². The van der Waals surface area contributed by atoms with Crippen molar-refractivity contribution in [2.24, 2.45) is 0 Å². The molecule has 0 amide bonds. The van der Waals surface area contributed by atoms with Gasteiger partial charge in [0.1, 0.15) is 0 Å². The topological polar surface area (TPSA) is 50.2 Å². The van der Waals surface area contributed by atoms with Crippen LogP contribution in [0.2, 0.25) is 0 Å². The molecule has 1 N–H and O–H groups in total. The number of halogens is 1. The van der Waals surface area contributed by atoms with E-state index in [1.54, 1.807) is 0 Å². The molecular formula is C10H8ClNO2. The van der Waals surface area contributed by atoms with Gasteiger partial charge in [0.2, 0.25) is 0 Å². The molecule has 3 nitrogen and oxygen atoms in total. The number of pyridine rings is 1. The molecule has 1 rings (SSSR count). The SMILES string of the molecule is O=C(O)c1cncc(C#CCCCl)c1. The number of carboxylic acids is 1. The molecule has 1 aromatic heterocycles. The van der Waals surface area contributed by atoms with E-state index < -0.39 is 5.97 Å². The number of rotatable bonds is 2. The van der Waals surface area contributed by atoms with Gasteiger partial charge in [0.25, 0.3) is 0 Å². The average Bonchev–Trinajstić information content (AvgIpc) is 2.19. The van der Waals surface area contributed by atoms with Crippen molar-refractivity contribution in [3.63, 3.8) is 0 Å². The molecule has 0 aliphatic heterocycles. The van der Waals surface area contributed by atoms with Crippen LogP contribution in [-0.2, 0) is 0 Å². The number of aromatic nitrogens is 1. The van der Waals surface area contributed by atoms with Gasteiger partial charge in [-0.2, -0.15) is 0 Å². The second-order valence-corrected chi connectivity index (χ2v) is 2.89. The van der Waals surface area contributed by atoms with E-state index in [0.717, 1.165) is 0 Å². The molecule has 1 aromatic rings. The van der Waals surface area contributed by atoms with E-state index in [1.165, 1.54) is 18.5 Å². The zero-order chi connectivity index (χ0) is 10.4. The number of aromatic carboxylic acids is 1. The molecule has 0 atom stereocenters. The highest BCUT2D eigenvalue weighted by molar-refractivity contribution is 6.18. The number of carboxylic acid groups (broad SMARTS) is 1. The van der Waals surface area contributed by atoms with E-state index in [1.807, 2.05) is 0 Å². The lowest BCUT2D eigenvalue weighted by Gasteiger charge is -1.93. The summed E-state index contributed by atoms with van der Waals surface area (Å²) in [5.74, 6) is 5.05. The quantitative estimate of drug-likeness (QED) is 0.597. The second-order valence-electron chi connectivity index (χ2n) is 2.51. The van der Waals surface area contributed by atoms with Crippen LogP contribution < -0.4 is 0 Å². The highest BCUT2D eigenvalue weighted by atomic mass is 35.5. The Hall–Kier alpha value is -1.53. The molecule has 14 heavy (non-hydrogen) atoms. The van der Waals surface area contributed by atoms with Crippen molar-refractivity contribution in [1.29, 1.82) is 0 Å². The average molecular weight is 210 g/mol. The van der Waals surface area contributed by atoms with Gasteiger partial charge in [-0.25, -0.2) is 4.79 Å². The molecule has 1 heterocycles. The molecule has 0 aromatic carbocycles. The molecule has 0 unspecified atom stereocenters. The fourth-order valence-electron chi connectivity index (χ4n) is 0.837. The first-order chi connectivity index (χ1) is 6.74. The Morgan fingerprint density at radius 2 is 2.36 bits per heavy atom. The Morgan fingerprint density at radius 1 is 1.57 bits per heavy atom. The predicted octanol–water partition coefficient (Wildman–Crippen LogP) is 1.76. The van der Waals surface area contributed by atoms with Crippen molar-refractivity contribution >= 4 is 17.6 Å². The minimum absolute atomic E-state index is 0.141. The van der Waals surface area contributed by atoms with Crippen molar-refractivity contribution < 1.29 is 9.90 Å². The van der Waals surface area contributed by atoms with Crippen LogP contribution in [0.5, 0.6) is 0 Å². The van der Waals surface area contributed by atoms with Crippen LogP contribution in [0, 0.1) is 11.8 Å². The van der Waals surface area contributed by atoms with Gasteiger partial charge in [0, 0.05) is 30.3 Å². The smallest absolute Gasteiger partial charge is 0.337 e. The molecule has 0 fully saturated rings.